The second kappa shape index (κ2) is 6.89. The summed E-state index contributed by atoms with van der Waals surface area (Å²) in [5.74, 6) is 0.835. The van der Waals surface area contributed by atoms with Gasteiger partial charge in [0.15, 0.2) is 0 Å². The van der Waals surface area contributed by atoms with Crippen LogP contribution in [0.1, 0.15) is 18.2 Å². The normalized spacial score (nSPS) is 11.0. The SMILES string of the molecule is C=C(C)COc1ccc(-c2nc3c(C)cccn3c2CCN)cc1. The van der Waals surface area contributed by atoms with E-state index in [9.17, 15) is 0 Å². The largest absolute Gasteiger partial charge is 0.489 e. The third-order valence-corrected chi connectivity index (χ3v) is 3.94. The summed E-state index contributed by atoms with van der Waals surface area (Å²) in [5, 5.41) is 0. The topological polar surface area (TPSA) is 52.5 Å². The van der Waals surface area contributed by atoms with Crippen LogP contribution in [0.2, 0.25) is 0 Å². The van der Waals surface area contributed by atoms with Crippen LogP contribution in [0.15, 0.2) is 54.7 Å². The Labute approximate surface area is 142 Å². The van der Waals surface area contributed by atoms with Crippen LogP contribution in [-0.2, 0) is 6.42 Å². The van der Waals surface area contributed by atoms with E-state index in [1.165, 1.54) is 0 Å². The summed E-state index contributed by atoms with van der Waals surface area (Å²) in [6.45, 7) is 9.00. The van der Waals surface area contributed by atoms with Crippen LogP contribution < -0.4 is 10.5 Å². The van der Waals surface area contributed by atoms with Gasteiger partial charge in [-0.05, 0) is 61.9 Å². The van der Waals surface area contributed by atoms with Crippen molar-refractivity contribution in [2.45, 2.75) is 20.3 Å². The van der Waals surface area contributed by atoms with Crippen LogP contribution >= 0.6 is 0 Å². The maximum Gasteiger partial charge on any atom is 0.140 e. The first-order valence-electron chi connectivity index (χ1n) is 8.14. The number of nitrogens with zero attached hydrogens (tertiary/aromatic N) is 2. The maximum atomic E-state index is 5.82. The molecule has 0 aliphatic rings. The van der Waals surface area contributed by atoms with E-state index in [0.717, 1.165) is 45.9 Å². The minimum absolute atomic E-state index is 0.533. The molecule has 2 aromatic heterocycles. The molecule has 0 unspecified atom stereocenters. The predicted molar refractivity (Wildman–Crippen MR) is 98.4 cm³/mol. The lowest BCUT2D eigenvalue weighted by Crippen LogP contribution is -2.06. The van der Waals surface area contributed by atoms with Crippen LogP contribution in [0.3, 0.4) is 0 Å². The van der Waals surface area contributed by atoms with Gasteiger partial charge in [-0.3, -0.25) is 0 Å². The van der Waals surface area contributed by atoms with Gasteiger partial charge >= 0.3 is 0 Å². The fourth-order valence-corrected chi connectivity index (χ4v) is 2.78. The van der Waals surface area contributed by atoms with Crippen LogP contribution in [0.5, 0.6) is 5.75 Å². The molecule has 0 aliphatic carbocycles. The lowest BCUT2D eigenvalue weighted by molar-refractivity contribution is 0.353. The van der Waals surface area contributed by atoms with E-state index in [-0.39, 0.29) is 0 Å². The molecule has 4 heteroatoms. The van der Waals surface area contributed by atoms with Crippen molar-refractivity contribution in [3.63, 3.8) is 0 Å². The standard InChI is InChI=1S/C20H23N3O/c1-14(2)13-24-17-8-6-16(7-9-17)19-18(10-11-21)23-12-4-5-15(3)20(23)22-19/h4-9,12H,1,10-11,13,21H2,2-3H3. The zero-order valence-electron chi connectivity index (χ0n) is 14.2. The summed E-state index contributed by atoms with van der Waals surface area (Å²) in [6.07, 6.45) is 2.84. The van der Waals surface area contributed by atoms with Crippen LogP contribution in [0.25, 0.3) is 16.9 Å². The van der Waals surface area contributed by atoms with Gasteiger partial charge in [-0.2, -0.15) is 0 Å². The Morgan fingerprint density at radius 2 is 2.00 bits per heavy atom. The predicted octanol–water partition coefficient (Wildman–Crippen LogP) is 3.77. The lowest BCUT2D eigenvalue weighted by atomic mass is 10.1. The second-order valence-electron chi connectivity index (χ2n) is 6.10. The zero-order chi connectivity index (χ0) is 17.1. The number of benzene rings is 1. The molecular formula is C20H23N3O. The second-order valence-corrected chi connectivity index (χ2v) is 6.10. The molecule has 0 aliphatic heterocycles. The van der Waals surface area contributed by atoms with Gasteiger partial charge in [0.2, 0.25) is 0 Å². The molecule has 0 radical (unpaired) electrons. The number of aromatic nitrogens is 2. The molecule has 2 heterocycles. The number of pyridine rings is 1. The molecule has 1 aromatic carbocycles. The minimum atomic E-state index is 0.533. The Bertz CT molecular complexity index is 862. The number of nitrogens with two attached hydrogens (primary N) is 1. The highest BCUT2D eigenvalue weighted by molar-refractivity contribution is 5.68. The Morgan fingerprint density at radius 3 is 2.67 bits per heavy atom. The fourth-order valence-electron chi connectivity index (χ4n) is 2.78. The minimum Gasteiger partial charge on any atom is -0.489 e. The van der Waals surface area contributed by atoms with E-state index in [1.54, 1.807) is 0 Å². The molecule has 0 amide bonds. The van der Waals surface area contributed by atoms with Gasteiger partial charge in [-0.15, -0.1) is 0 Å². The summed E-state index contributed by atoms with van der Waals surface area (Å²) < 4.78 is 7.81. The average Bonchev–Trinajstić information content (AvgIpc) is 2.94. The molecule has 4 nitrogen and oxygen atoms in total. The van der Waals surface area contributed by atoms with Crippen molar-refractivity contribution >= 4 is 5.65 Å². The van der Waals surface area contributed by atoms with E-state index in [2.05, 4.69) is 24.0 Å². The monoisotopic (exact) mass is 321 g/mol. The molecule has 2 N–H and O–H groups in total. The first kappa shape index (κ1) is 16.3. The van der Waals surface area contributed by atoms with Crippen molar-refractivity contribution in [3.8, 4) is 17.0 Å². The zero-order valence-corrected chi connectivity index (χ0v) is 14.2. The molecule has 0 atom stereocenters. The molecule has 24 heavy (non-hydrogen) atoms. The maximum absolute atomic E-state index is 5.82. The van der Waals surface area contributed by atoms with Crippen molar-refractivity contribution in [2.24, 2.45) is 5.73 Å². The van der Waals surface area contributed by atoms with Gasteiger partial charge in [0.05, 0.1) is 11.4 Å². The molecule has 3 rings (SSSR count). The van der Waals surface area contributed by atoms with Gasteiger partial charge in [0.25, 0.3) is 0 Å². The van der Waals surface area contributed by atoms with Crippen molar-refractivity contribution in [1.29, 1.82) is 0 Å². The Balaban J connectivity index is 2.00. The molecule has 0 fully saturated rings. The average molecular weight is 321 g/mol. The van der Waals surface area contributed by atoms with E-state index in [4.69, 9.17) is 15.5 Å². The molecule has 124 valence electrons. The first-order valence-corrected chi connectivity index (χ1v) is 8.14. The smallest absolute Gasteiger partial charge is 0.140 e. The quantitative estimate of drug-likeness (QED) is 0.703. The molecule has 0 saturated heterocycles. The number of hydrogen-bond acceptors (Lipinski definition) is 3. The van der Waals surface area contributed by atoms with Crippen molar-refractivity contribution in [1.82, 2.24) is 9.38 Å². The highest BCUT2D eigenvalue weighted by Gasteiger charge is 2.14. The molecular weight excluding hydrogens is 298 g/mol. The summed E-state index contributed by atoms with van der Waals surface area (Å²) in [4.78, 5) is 4.86. The van der Waals surface area contributed by atoms with Gasteiger partial charge in [0.1, 0.15) is 18.0 Å². The number of ether oxygens (including phenoxy) is 1. The van der Waals surface area contributed by atoms with Gasteiger partial charge in [-0.25, -0.2) is 4.98 Å². The fraction of sp³-hybridized carbons (Fsp3) is 0.250. The third-order valence-electron chi connectivity index (χ3n) is 3.94. The Kier molecular flexibility index (Phi) is 4.67. The summed E-state index contributed by atoms with van der Waals surface area (Å²) in [7, 11) is 0. The van der Waals surface area contributed by atoms with Crippen molar-refractivity contribution < 1.29 is 4.74 Å². The number of fused-ring (bicyclic) bond motifs is 1. The third kappa shape index (κ3) is 3.19. The highest BCUT2D eigenvalue weighted by Crippen LogP contribution is 2.27. The number of rotatable bonds is 6. The van der Waals surface area contributed by atoms with Gasteiger partial charge < -0.3 is 14.9 Å². The van der Waals surface area contributed by atoms with Crippen molar-refractivity contribution in [2.75, 3.05) is 13.2 Å². The van der Waals surface area contributed by atoms with E-state index >= 15 is 0 Å². The molecule has 0 saturated carbocycles. The molecule has 0 bridgehead atoms. The number of imidazole rings is 1. The van der Waals surface area contributed by atoms with E-state index < -0.39 is 0 Å². The van der Waals surface area contributed by atoms with Crippen LogP contribution in [-0.4, -0.2) is 22.5 Å². The summed E-state index contributed by atoms with van der Waals surface area (Å²) in [5.41, 5.74) is 12.2. The van der Waals surface area contributed by atoms with Crippen LogP contribution in [0.4, 0.5) is 0 Å². The van der Waals surface area contributed by atoms with Crippen molar-refractivity contribution in [3.05, 3.63) is 66.0 Å². The number of aryl methyl sites for hydroxylation is 1. The number of hydrogen-bond donors (Lipinski definition) is 1. The Morgan fingerprint density at radius 1 is 1.25 bits per heavy atom. The highest BCUT2D eigenvalue weighted by atomic mass is 16.5. The van der Waals surface area contributed by atoms with E-state index in [0.29, 0.717) is 13.2 Å². The van der Waals surface area contributed by atoms with Gasteiger partial charge in [-0.1, -0.05) is 12.6 Å². The first-order chi connectivity index (χ1) is 11.6. The van der Waals surface area contributed by atoms with E-state index in [1.807, 2.05) is 43.5 Å². The van der Waals surface area contributed by atoms with Gasteiger partial charge in [0, 0.05) is 18.2 Å². The summed E-state index contributed by atoms with van der Waals surface area (Å²) in [6, 6.07) is 12.2. The molecule has 0 spiro atoms. The Hall–Kier alpha value is -2.59. The van der Waals surface area contributed by atoms with Crippen LogP contribution in [0, 0.1) is 6.92 Å². The molecule has 3 aromatic rings. The summed E-state index contributed by atoms with van der Waals surface area (Å²) >= 11 is 0. The lowest BCUT2D eigenvalue weighted by Gasteiger charge is -2.07.